The number of esters is 1. The van der Waals surface area contributed by atoms with Crippen molar-refractivity contribution in [3.8, 4) is 0 Å². The van der Waals surface area contributed by atoms with E-state index in [2.05, 4.69) is 172 Å². The molecule has 0 aromatic heterocycles. The summed E-state index contributed by atoms with van der Waals surface area (Å²) in [6.45, 7) is 6.72. The third-order valence-electron chi connectivity index (χ3n) is 13.5. The van der Waals surface area contributed by atoms with Gasteiger partial charge in [-0.2, -0.15) is 0 Å². The predicted octanol–water partition coefficient (Wildman–Crippen LogP) is 20.8. The van der Waals surface area contributed by atoms with Gasteiger partial charge in [-0.25, -0.2) is 4.57 Å². The van der Waals surface area contributed by atoms with Crippen molar-refractivity contribution < 1.29 is 37.3 Å². The number of hydrogen-bond acceptors (Lipinski definition) is 6. The SMILES string of the molecule is CC/C=C\C/C=C\C/C=C\C/C=C\C/C=C\C/C=C\CCCCCCC(=O)NC(COP(=O)(O)OCC[N+](C)(C)C)C(/C=C/CCCCCCCCCCC)OC(=O)CCCCCC/C=C\C/C=C\C/C=C\C/C=C\C/C=C\C/C=C\CC. The molecule has 0 aromatic carbocycles. The molecule has 10 heteroatoms. The molecule has 0 aliphatic heterocycles. The first kappa shape index (κ1) is 78.6. The first-order valence-corrected chi connectivity index (χ1v) is 34.3. The molecule has 470 valence electrons. The molecule has 83 heavy (non-hydrogen) atoms. The van der Waals surface area contributed by atoms with Gasteiger partial charge in [0.2, 0.25) is 5.91 Å². The van der Waals surface area contributed by atoms with Crippen molar-refractivity contribution in [1.82, 2.24) is 5.32 Å². The lowest BCUT2D eigenvalue weighted by atomic mass is 10.1. The Kier molecular flexibility index (Phi) is 57.5. The lowest BCUT2D eigenvalue weighted by molar-refractivity contribution is -0.870. The minimum atomic E-state index is -4.48. The van der Waals surface area contributed by atoms with E-state index in [1.165, 1.54) is 44.9 Å². The number of nitrogens with one attached hydrogen (secondary N) is 1. The van der Waals surface area contributed by atoms with Crippen LogP contribution in [0.15, 0.2) is 158 Å². The highest BCUT2D eigenvalue weighted by atomic mass is 31.2. The topological polar surface area (TPSA) is 111 Å². The summed E-state index contributed by atoms with van der Waals surface area (Å²) in [5.41, 5.74) is 0. The maximum Gasteiger partial charge on any atom is 0.472 e. The van der Waals surface area contributed by atoms with E-state index in [4.69, 9.17) is 13.8 Å². The van der Waals surface area contributed by atoms with Crippen molar-refractivity contribution in [2.24, 2.45) is 0 Å². The summed E-state index contributed by atoms with van der Waals surface area (Å²) in [4.78, 5) is 37.8. The fourth-order valence-corrected chi connectivity index (χ4v) is 9.21. The van der Waals surface area contributed by atoms with Crippen molar-refractivity contribution >= 4 is 19.7 Å². The molecule has 0 aliphatic carbocycles. The largest absolute Gasteiger partial charge is 0.472 e. The number of amides is 1. The molecule has 0 aromatic rings. The second-order valence-electron chi connectivity index (χ2n) is 22.5. The smallest absolute Gasteiger partial charge is 0.456 e. The first-order valence-electron chi connectivity index (χ1n) is 32.8. The Bertz CT molecular complexity index is 1980. The molecule has 0 fully saturated rings. The van der Waals surface area contributed by atoms with Gasteiger partial charge in [0.25, 0.3) is 0 Å². The molecule has 0 bridgehead atoms. The van der Waals surface area contributed by atoms with Crippen LogP contribution in [0.25, 0.3) is 0 Å². The number of ether oxygens (including phenoxy) is 1. The van der Waals surface area contributed by atoms with Crippen LogP contribution in [0, 0.1) is 0 Å². The molecular formula is C73H122N2O7P+. The normalized spacial score (nSPS) is 14.6. The number of quaternary nitrogens is 1. The molecule has 1 amide bonds. The van der Waals surface area contributed by atoms with E-state index in [0.717, 1.165) is 148 Å². The Hall–Kier alpha value is -4.37. The lowest BCUT2D eigenvalue weighted by Crippen LogP contribution is -2.47. The highest BCUT2D eigenvalue weighted by Crippen LogP contribution is 2.43. The first-order chi connectivity index (χ1) is 40.4. The number of carbonyl (C=O) groups excluding carboxylic acids is 2. The quantitative estimate of drug-likeness (QED) is 0.0205. The van der Waals surface area contributed by atoms with Crippen LogP contribution in [-0.4, -0.2) is 74.3 Å². The van der Waals surface area contributed by atoms with Gasteiger partial charge in [-0.1, -0.05) is 250 Å². The van der Waals surface area contributed by atoms with Crippen LogP contribution in [-0.2, 0) is 27.9 Å². The third-order valence-corrected chi connectivity index (χ3v) is 14.4. The second-order valence-corrected chi connectivity index (χ2v) is 24.0. The van der Waals surface area contributed by atoms with Crippen LogP contribution in [0.1, 0.15) is 239 Å². The molecule has 0 radical (unpaired) electrons. The maximum atomic E-state index is 13.6. The van der Waals surface area contributed by atoms with Gasteiger partial charge in [-0.15, -0.1) is 0 Å². The van der Waals surface area contributed by atoms with Gasteiger partial charge < -0.3 is 19.4 Å². The molecule has 0 heterocycles. The molecular weight excluding hydrogens is 1050 g/mol. The molecule has 0 saturated heterocycles. The fraction of sp³-hybridized carbons (Fsp3) is 0.616. The van der Waals surface area contributed by atoms with E-state index in [1.54, 1.807) is 0 Å². The van der Waals surface area contributed by atoms with Crippen molar-refractivity contribution in [3.05, 3.63) is 158 Å². The van der Waals surface area contributed by atoms with Crippen molar-refractivity contribution in [3.63, 3.8) is 0 Å². The highest BCUT2D eigenvalue weighted by Gasteiger charge is 2.30. The minimum Gasteiger partial charge on any atom is -0.456 e. The summed E-state index contributed by atoms with van der Waals surface area (Å²) in [7, 11) is 1.44. The van der Waals surface area contributed by atoms with E-state index < -0.39 is 20.0 Å². The maximum absolute atomic E-state index is 13.6. The van der Waals surface area contributed by atoms with Gasteiger partial charge in [0, 0.05) is 12.8 Å². The monoisotopic (exact) mass is 1170 g/mol. The molecule has 3 unspecified atom stereocenters. The van der Waals surface area contributed by atoms with Gasteiger partial charge in [-0.05, 0) is 134 Å². The second kappa shape index (κ2) is 60.7. The summed E-state index contributed by atoms with van der Waals surface area (Å²) in [5.74, 6) is -0.577. The van der Waals surface area contributed by atoms with E-state index in [0.29, 0.717) is 23.9 Å². The van der Waals surface area contributed by atoms with Crippen LogP contribution < -0.4 is 5.32 Å². The van der Waals surface area contributed by atoms with E-state index >= 15 is 0 Å². The average molecular weight is 1170 g/mol. The van der Waals surface area contributed by atoms with E-state index in [9.17, 15) is 19.0 Å². The zero-order chi connectivity index (χ0) is 60.7. The van der Waals surface area contributed by atoms with Gasteiger partial charge in [0.1, 0.15) is 19.3 Å². The number of hydrogen-bond donors (Lipinski definition) is 2. The Labute approximate surface area is 510 Å². The number of likely N-dealkylation sites (N-methyl/N-ethyl adjacent to an activating group) is 1. The van der Waals surface area contributed by atoms with Crippen molar-refractivity contribution in [2.45, 2.75) is 251 Å². The third kappa shape index (κ3) is 62.0. The highest BCUT2D eigenvalue weighted by molar-refractivity contribution is 7.47. The van der Waals surface area contributed by atoms with Gasteiger partial charge in [0.15, 0.2) is 0 Å². The summed E-state index contributed by atoms with van der Waals surface area (Å²) in [6, 6.07) is -0.886. The fourth-order valence-electron chi connectivity index (χ4n) is 8.47. The Morgan fingerprint density at radius 3 is 1.16 bits per heavy atom. The van der Waals surface area contributed by atoms with E-state index in [-0.39, 0.29) is 37.9 Å². The molecule has 3 atom stereocenters. The molecule has 0 rings (SSSR count). The number of phosphoric acid groups is 1. The zero-order valence-corrected chi connectivity index (χ0v) is 54.5. The summed E-state index contributed by atoms with van der Waals surface area (Å²) >= 11 is 0. The van der Waals surface area contributed by atoms with Crippen molar-refractivity contribution in [1.29, 1.82) is 0 Å². The zero-order valence-electron chi connectivity index (χ0n) is 53.6. The Morgan fingerprint density at radius 2 is 0.771 bits per heavy atom. The molecule has 0 saturated carbocycles. The number of nitrogens with zero attached hydrogens (tertiary/aromatic N) is 1. The average Bonchev–Trinajstić information content (AvgIpc) is 3.51. The molecule has 0 spiro atoms. The summed E-state index contributed by atoms with van der Waals surface area (Å²) in [5, 5.41) is 3.03. The number of rotatable bonds is 57. The predicted molar refractivity (Wildman–Crippen MR) is 359 cm³/mol. The number of carbonyl (C=O) groups is 2. The lowest BCUT2D eigenvalue weighted by Gasteiger charge is -2.27. The van der Waals surface area contributed by atoms with Crippen LogP contribution in [0.3, 0.4) is 0 Å². The number of allylic oxidation sites excluding steroid dienone is 25. The Morgan fingerprint density at radius 1 is 0.434 bits per heavy atom. The Balaban J connectivity index is 5.28. The van der Waals surface area contributed by atoms with Crippen molar-refractivity contribution in [2.75, 3.05) is 40.9 Å². The van der Waals surface area contributed by atoms with Crippen LogP contribution in [0.2, 0.25) is 0 Å². The minimum absolute atomic E-state index is 0.0207. The van der Waals surface area contributed by atoms with Gasteiger partial charge in [0.05, 0.1) is 33.8 Å². The van der Waals surface area contributed by atoms with Gasteiger partial charge >= 0.3 is 13.8 Å². The van der Waals surface area contributed by atoms with Crippen LogP contribution in [0.4, 0.5) is 0 Å². The number of unbranched alkanes of at least 4 members (excludes halogenated alkanes) is 17. The van der Waals surface area contributed by atoms with Crippen LogP contribution >= 0.6 is 7.82 Å². The van der Waals surface area contributed by atoms with E-state index in [1.807, 2.05) is 33.3 Å². The molecule has 2 N–H and O–H groups in total. The standard InChI is InChI=1S/C73H121N2O7P/c1-7-10-13-16-19-22-25-27-29-31-33-35-37-39-41-43-45-47-50-53-56-59-62-65-72(76)74-70(69-81-83(78,79)80-68-67-75(4,5)6)71(64-61-58-55-52-49-24-21-18-15-12-9-3)82-73(77)66-63-60-57-54-51-48-46-44-42-40-38-36-34-32-30-28-26-23-20-17-14-11-8-2/h10-11,13-14,19-20,22-23,27-30,33-36,39-42,45-48,61,64,70-71H,7-9,12,15-18,21,24-26,31-32,37-38,43-44,49-60,62-63,65-69H2,1-6H3,(H-,74,76,78,79)/p+1/b13-10-,14-11-,22-19-,23-20-,29-27-,30-28-,35-33-,36-34-,41-39-,42-40-,47-45-,48-46-,64-61+. The van der Waals surface area contributed by atoms with Crippen LogP contribution in [0.5, 0.6) is 0 Å². The molecule has 0 aliphatic rings. The summed E-state index contributed by atoms with van der Waals surface area (Å²) < 4.78 is 30.7. The van der Waals surface area contributed by atoms with Gasteiger partial charge in [-0.3, -0.25) is 18.6 Å². The molecule has 9 nitrogen and oxygen atoms in total. The number of phosphoric ester groups is 1. The summed E-state index contributed by atoms with van der Waals surface area (Å²) in [6.07, 6.45) is 89.6.